The number of hydrogen-bond acceptors (Lipinski definition) is 5. The van der Waals surface area contributed by atoms with Gasteiger partial charge in [-0.15, -0.1) is 11.3 Å². The van der Waals surface area contributed by atoms with E-state index >= 15 is 0 Å². The number of nitrogens with zero attached hydrogens (tertiary/aromatic N) is 1. The van der Waals surface area contributed by atoms with Crippen LogP contribution in [0.5, 0.6) is 0 Å². The smallest absolute Gasteiger partial charge is 0.224 e. The van der Waals surface area contributed by atoms with Crippen molar-refractivity contribution in [3.8, 4) is 10.8 Å². The van der Waals surface area contributed by atoms with Gasteiger partial charge in [-0.2, -0.15) is 0 Å². The number of nitrogens with one attached hydrogen (secondary N) is 2. The molecule has 0 aliphatic heterocycles. The Morgan fingerprint density at radius 1 is 1.10 bits per heavy atom. The number of aromatic nitrogens is 1. The summed E-state index contributed by atoms with van der Waals surface area (Å²) in [6, 6.07) is 20.1. The molecule has 0 saturated carbocycles. The number of benzene rings is 2. The zero-order chi connectivity index (χ0) is 20.2. The molecule has 2 N–H and O–H groups in total. The van der Waals surface area contributed by atoms with Gasteiger partial charge in [-0.25, -0.2) is 4.98 Å². The van der Waals surface area contributed by atoms with Crippen LogP contribution in [0.2, 0.25) is 0 Å². The lowest BCUT2D eigenvalue weighted by Gasteiger charge is -2.14. The van der Waals surface area contributed by atoms with E-state index < -0.39 is 0 Å². The molecule has 0 bridgehead atoms. The van der Waals surface area contributed by atoms with Gasteiger partial charge in [-0.05, 0) is 48.9 Å². The van der Waals surface area contributed by atoms with Crippen LogP contribution in [-0.4, -0.2) is 10.9 Å². The Morgan fingerprint density at radius 2 is 1.90 bits per heavy atom. The third-order valence-electron chi connectivity index (χ3n) is 4.76. The number of thiazole rings is 1. The molecule has 6 heteroatoms. The van der Waals surface area contributed by atoms with E-state index in [1.807, 2.05) is 61.5 Å². The van der Waals surface area contributed by atoms with Gasteiger partial charge in [0, 0.05) is 18.2 Å². The summed E-state index contributed by atoms with van der Waals surface area (Å²) >= 11 is 1.64. The van der Waals surface area contributed by atoms with Crippen molar-refractivity contribution in [2.24, 2.45) is 0 Å². The second-order valence-corrected chi connectivity index (χ2v) is 7.91. The topological polar surface area (TPSA) is 67.2 Å². The first-order valence-corrected chi connectivity index (χ1v) is 10.5. The Morgan fingerprint density at radius 3 is 2.66 bits per heavy atom. The number of para-hydroxylation sites is 1. The number of rotatable bonds is 7. The highest BCUT2D eigenvalue weighted by Crippen LogP contribution is 2.31. The number of fused-ring (bicyclic) bond motifs is 1. The Hall–Kier alpha value is -2.96. The van der Waals surface area contributed by atoms with Crippen LogP contribution in [0, 0.1) is 0 Å². The van der Waals surface area contributed by atoms with Crippen molar-refractivity contribution in [1.29, 1.82) is 0 Å². The predicted octanol–water partition coefficient (Wildman–Crippen LogP) is 5.76. The first-order chi connectivity index (χ1) is 14.1. The van der Waals surface area contributed by atoms with Gasteiger partial charge in [0.1, 0.15) is 5.76 Å². The highest BCUT2D eigenvalue weighted by atomic mass is 32.1. The van der Waals surface area contributed by atoms with E-state index in [0.717, 1.165) is 38.0 Å². The molecule has 4 rings (SSSR count). The van der Waals surface area contributed by atoms with Crippen LogP contribution in [0.4, 0.5) is 5.69 Å². The Kier molecular flexibility index (Phi) is 5.74. The number of hydrogen-bond donors (Lipinski definition) is 2. The Balaban J connectivity index is 1.37. The van der Waals surface area contributed by atoms with E-state index in [9.17, 15) is 4.79 Å². The molecule has 2 aromatic carbocycles. The van der Waals surface area contributed by atoms with Crippen LogP contribution in [0.25, 0.3) is 21.0 Å². The normalized spacial score (nSPS) is 12.2. The fourth-order valence-corrected chi connectivity index (χ4v) is 3.97. The summed E-state index contributed by atoms with van der Waals surface area (Å²) in [6.45, 7) is 4.57. The number of carbonyl (C=O) groups is 1. The van der Waals surface area contributed by atoms with E-state index in [2.05, 4.69) is 28.6 Å². The van der Waals surface area contributed by atoms with Crippen molar-refractivity contribution >= 4 is 33.1 Å². The molecule has 0 saturated heterocycles. The van der Waals surface area contributed by atoms with E-state index in [-0.39, 0.29) is 11.9 Å². The number of carbonyl (C=O) groups excluding carboxylic acids is 1. The number of amides is 1. The zero-order valence-corrected chi connectivity index (χ0v) is 17.3. The standard InChI is InChI=1S/C23H23N3O2S/c1-3-22(27)25-17-10-8-16(9-11-17)15(2)24-14-18-12-13-20(28-18)23-26-19-6-4-5-7-21(19)29-23/h4-13,15,24H,3,14H2,1-2H3,(H,25,27). The SMILES string of the molecule is CCC(=O)Nc1ccc(C(C)NCc2ccc(-c3nc4ccccc4s3)o2)cc1. The lowest BCUT2D eigenvalue weighted by atomic mass is 10.1. The first-order valence-electron chi connectivity index (χ1n) is 9.70. The maximum atomic E-state index is 11.5. The molecule has 0 aliphatic carbocycles. The minimum absolute atomic E-state index is 0.0191. The quantitative estimate of drug-likeness (QED) is 0.410. The molecular formula is C23H23N3O2S. The molecule has 148 valence electrons. The van der Waals surface area contributed by atoms with E-state index in [0.29, 0.717) is 13.0 Å². The molecule has 0 aliphatic rings. The highest BCUT2D eigenvalue weighted by molar-refractivity contribution is 7.21. The van der Waals surface area contributed by atoms with Crippen molar-refractivity contribution < 1.29 is 9.21 Å². The summed E-state index contributed by atoms with van der Waals surface area (Å²) in [7, 11) is 0. The van der Waals surface area contributed by atoms with Gasteiger partial charge in [0.05, 0.1) is 16.8 Å². The van der Waals surface area contributed by atoms with Crippen molar-refractivity contribution in [3.05, 3.63) is 72.0 Å². The van der Waals surface area contributed by atoms with Gasteiger partial charge < -0.3 is 15.1 Å². The monoisotopic (exact) mass is 405 g/mol. The van der Waals surface area contributed by atoms with Crippen molar-refractivity contribution in [1.82, 2.24) is 10.3 Å². The summed E-state index contributed by atoms with van der Waals surface area (Å²) in [5, 5.41) is 7.24. The van der Waals surface area contributed by atoms with Gasteiger partial charge in [0.2, 0.25) is 5.91 Å². The molecule has 0 fully saturated rings. The third-order valence-corrected chi connectivity index (χ3v) is 5.82. The zero-order valence-electron chi connectivity index (χ0n) is 16.4. The van der Waals surface area contributed by atoms with Crippen LogP contribution in [0.15, 0.2) is 65.1 Å². The predicted molar refractivity (Wildman–Crippen MR) is 118 cm³/mol. The molecule has 0 radical (unpaired) electrons. The van der Waals surface area contributed by atoms with Crippen molar-refractivity contribution in [3.63, 3.8) is 0 Å². The summed E-state index contributed by atoms with van der Waals surface area (Å²) in [4.78, 5) is 16.1. The van der Waals surface area contributed by atoms with E-state index in [1.54, 1.807) is 11.3 Å². The molecule has 5 nitrogen and oxygen atoms in total. The molecule has 1 amide bonds. The third kappa shape index (κ3) is 4.55. The summed E-state index contributed by atoms with van der Waals surface area (Å²) in [5.74, 6) is 1.69. The maximum Gasteiger partial charge on any atom is 0.224 e. The highest BCUT2D eigenvalue weighted by Gasteiger charge is 2.12. The van der Waals surface area contributed by atoms with Crippen LogP contribution in [-0.2, 0) is 11.3 Å². The molecule has 1 unspecified atom stereocenters. The van der Waals surface area contributed by atoms with Gasteiger partial charge in [0.15, 0.2) is 10.8 Å². The minimum Gasteiger partial charge on any atom is -0.457 e. The van der Waals surface area contributed by atoms with Gasteiger partial charge in [-0.3, -0.25) is 4.79 Å². The summed E-state index contributed by atoms with van der Waals surface area (Å²) < 4.78 is 7.16. The first kappa shape index (κ1) is 19.4. The molecule has 1 atom stereocenters. The molecule has 2 aromatic heterocycles. The largest absolute Gasteiger partial charge is 0.457 e. The Bertz CT molecular complexity index is 1080. The average Bonchev–Trinajstić information content (AvgIpc) is 3.39. The van der Waals surface area contributed by atoms with Crippen LogP contribution in [0.1, 0.15) is 37.6 Å². The van der Waals surface area contributed by atoms with Crippen molar-refractivity contribution in [2.75, 3.05) is 5.32 Å². The van der Waals surface area contributed by atoms with Gasteiger partial charge in [-0.1, -0.05) is 31.2 Å². The average molecular weight is 406 g/mol. The summed E-state index contributed by atoms with van der Waals surface area (Å²) in [6.07, 6.45) is 0.474. The molecule has 4 aromatic rings. The maximum absolute atomic E-state index is 11.5. The second-order valence-electron chi connectivity index (χ2n) is 6.88. The number of anilines is 1. The number of furan rings is 1. The van der Waals surface area contributed by atoms with E-state index in [4.69, 9.17) is 4.42 Å². The van der Waals surface area contributed by atoms with Crippen LogP contribution in [0.3, 0.4) is 0 Å². The fraction of sp³-hybridized carbons (Fsp3) is 0.217. The van der Waals surface area contributed by atoms with Crippen LogP contribution < -0.4 is 10.6 Å². The lowest BCUT2D eigenvalue weighted by molar-refractivity contribution is -0.115. The lowest BCUT2D eigenvalue weighted by Crippen LogP contribution is -2.17. The molecular weight excluding hydrogens is 382 g/mol. The van der Waals surface area contributed by atoms with Gasteiger partial charge >= 0.3 is 0 Å². The fourth-order valence-electron chi connectivity index (χ4n) is 3.04. The summed E-state index contributed by atoms with van der Waals surface area (Å²) in [5.41, 5.74) is 2.97. The van der Waals surface area contributed by atoms with Gasteiger partial charge in [0.25, 0.3) is 0 Å². The second kappa shape index (κ2) is 8.59. The minimum atomic E-state index is 0.0191. The Labute approximate surface area is 173 Å². The van der Waals surface area contributed by atoms with Crippen LogP contribution >= 0.6 is 11.3 Å². The molecule has 0 spiro atoms. The van der Waals surface area contributed by atoms with Crippen molar-refractivity contribution in [2.45, 2.75) is 32.9 Å². The van der Waals surface area contributed by atoms with E-state index in [1.165, 1.54) is 0 Å². The molecule has 29 heavy (non-hydrogen) atoms. The molecule has 2 heterocycles.